The molecule has 1 N–H and O–H groups in total. The maximum absolute atomic E-state index is 8.89. The smallest absolute Gasteiger partial charge is 0.0614 e. The van der Waals surface area contributed by atoms with E-state index in [0.717, 1.165) is 30.1 Å². The van der Waals surface area contributed by atoms with Crippen molar-refractivity contribution in [1.29, 1.82) is 0 Å². The lowest BCUT2D eigenvalue weighted by atomic mass is 9.90. The Morgan fingerprint density at radius 2 is 1.04 bits per heavy atom. The molecule has 0 radical (unpaired) electrons. The van der Waals surface area contributed by atoms with Gasteiger partial charge in [-0.05, 0) is 43.4 Å². The Kier molecular flexibility index (Phi) is 16.6. The minimum atomic E-state index is 0.190. The highest BCUT2D eigenvalue weighted by Crippen LogP contribution is 2.23. The standard InChI is InChI=1S/C25H50O/c1-21(2)11-7-12-22(3)13-8-14-23(4)15-9-16-24(5)17-10-18-25(6)19-20-26/h19,21-24,26H,7-18,20H2,1-6H3. The number of aliphatic hydroxyl groups excluding tert-OH is 1. The van der Waals surface area contributed by atoms with Crippen molar-refractivity contribution >= 4 is 0 Å². The van der Waals surface area contributed by atoms with Crippen molar-refractivity contribution in [2.24, 2.45) is 23.7 Å². The van der Waals surface area contributed by atoms with Crippen molar-refractivity contribution in [3.8, 4) is 0 Å². The Morgan fingerprint density at radius 1 is 0.654 bits per heavy atom. The zero-order valence-corrected chi connectivity index (χ0v) is 19.0. The second-order valence-electron chi connectivity index (χ2n) is 9.63. The second-order valence-corrected chi connectivity index (χ2v) is 9.63. The summed E-state index contributed by atoms with van der Waals surface area (Å²) < 4.78 is 0. The summed E-state index contributed by atoms with van der Waals surface area (Å²) in [5.74, 6) is 3.54. The molecule has 0 saturated heterocycles. The molecular weight excluding hydrogens is 316 g/mol. The van der Waals surface area contributed by atoms with Crippen LogP contribution in [-0.2, 0) is 0 Å². The van der Waals surface area contributed by atoms with Crippen LogP contribution in [-0.4, -0.2) is 11.7 Å². The predicted molar refractivity (Wildman–Crippen MR) is 119 cm³/mol. The number of hydrogen-bond acceptors (Lipinski definition) is 1. The van der Waals surface area contributed by atoms with Crippen LogP contribution < -0.4 is 0 Å². The highest BCUT2D eigenvalue weighted by molar-refractivity contribution is 4.97. The molecule has 0 heterocycles. The largest absolute Gasteiger partial charge is 0.392 e. The number of aliphatic hydroxyl groups is 1. The van der Waals surface area contributed by atoms with Gasteiger partial charge in [-0.1, -0.05) is 110 Å². The first-order chi connectivity index (χ1) is 12.3. The van der Waals surface area contributed by atoms with E-state index in [1.54, 1.807) is 0 Å². The van der Waals surface area contributed by atoms with E-state index in [1.807, 2.05) is 6.08 Å². The summed E-state index contributed by atoms with van der Waals surface area (Å²) in [6.07, 6.45) is 18.4. The van der Waals surface area contributed by atoms with Crippen molar-refractivity contribution < 1.29 is 5.11 Å². The van der Waals surface area contributed by atoms with Gasteiger partial charge in [0.05, 0.1) is 6.61 Å². The number of rotatable bonds is 17. The third-order valence-electron chi connectivity index (χ3n) is 5.97. The molecule has 0 aliphatic rings. The van der Waals surface area contributed by atoms with Gasteiger partial charge in [-0.15, -0.1) is 0 Å². The van der Waals surface area contributed by atoms with Gasteiger partial charge in [-0.25, -0.2) is 0 Å². The topological polar surface area (TPSA) is 20.2 Å². The monoisotopic (exact) mass is 366 g/mol. The lowest BCUT2D eigenvalue weighted by molar-refractivity contribution is 0.341. The summed E-state index contributed by atoms with van der Waals surface area (Å²) in [5.41, 5.74) is 1.34. The highest BCUT2D eigenvalue weighted by atomic mass is 16.2. The second kappa shape index (κ2) is 16.8. The molecular formula is C25H50O. The molecule has 0 bridgehead atoms. The zero-order chi connectivity index (χ0) is 19.8. The Bertz CT molecular complexity index is 331. The molecule has 3 unspecified atom stereocenters. The molecule has 0 saturated carbocycles. The molecule has 0 aromatic heterocycles. The Morgan fingerprint density at radius 3 is 1.42 bits per heavy atom. The molecule has 1 heteroatoms. The van der Waals surface area contributed by atoms with Crippen molar-refractivity contribution in [1.82, 2.24) is 0 Å². The van der Waals surface area contributed by atoms with Gasteiger partial charge in [0.15, 0.2) is 0 Å². The molecule has 0 fully saturated rings. The average Bonchev–Trinajstić information content (AvgIpc) is 2.54. The van der Waals surface area contributed by atoms with Gasteiger partial charge in [-0.3, -0.25) is 0 Å². The fourth-order valence-corrected chi connectivity index (χ4v) is 3.92. The Balaban J connectivity index is 3.58. The van der Waals surface area contributed by atoms with E-state index in [1.165, 1.54) is 76.2 Å². The van der Waals surface area contributed by atoms with Crippen molar-refractivity contribution in [2.45, 2.75) is 119 Å². The minimum Gasteiger partial charge on any atom is -0.392 e. The van der Waals surface area contributed by atoms with Crippen LogP contribution in [0.1, 0.15) is 119 Å². The summed E-state index contributed by atoms with van der Waals surface area (Å²) in [6.45, 7) is 14.3. The van der Waals surface area contributed by atoms with Crippen molar-refractivity contribution in [2.75, 3.05) is 6.61 Å². The lowest BCUT2D eigenvalue weighted by Crippen LogP contribution is -2.01. The van der Waals surface area contributed by atoms with E-state index >= 15 is 0 Å². The fraction of sp³-hybridized carbons (Fsp3) is 0.920. The van der Waals surface area contributed by atoms with Crippen molar-refractivity contribution in [3.05, 3.63) is 11.6 Å². The van der Waals surface area contributed by atoms with Gasteiger partial charge >= 0.3 is 0 Å². The van der Waals surface area contributed by atoms with E-state index in [4.69, 9.17) is 5.11 Å². The Hall–Kier alpha value is -0.300. The minimum absolute atomic E-state index is 0.190. The number of hydrogen-bond donors (Lipinski definition) is 1. The maximum atomic E-state index is 8.89. The van der Waals surface area contributed by atoms with Crippen LogP contribution in [0.3, 0.4) is 0 Å². The molecule has 0 spiro atoms. The average molecular weight is 367 g/mol. The molecule has 0 aromatic carbocycles. The van der Waals surface area contributed by atoms with Gasteiger partial charge in [-0.2, -0.15) is 0 Å². The maximum Gasteiger partial charge on any atom is 0.0614 e. The van der Waals surface area contributed by atoms with Gasteiger partial charge in [0.2, 0.25) is 0 Å². The summed E-state index contributed by atoms with van der Waals surface area (Å²) in [5, 5.41) is 8.89. The van der Waals surface area contributed by atoms with Crippen LogP contribution >= 0.6 is 0 Å². The summed E-state index contributed by atoms with van der Waals surface area (Å²) in [4.78, 5) is 0. The number of allylic oxidation sites excluding steroid dienone is 1. The molecule has 0 aromatic rings. The first-order valence-electron chi connectivity index (χ1n) is 11.6. The van der Waals surface area contributed by atoms with Crippen LogP contribution in [0.25, 0.3) is 0 Å². The lowest BCUT2D eigenvalue weighted by Gasteiger charge is -2.16. The summed E-state index contributed by atoms with van der Waals surface area (Å²) in [6, 6.07) is 0. The van der Waals surface area contributed by atoms with Gasteiger partial charge in [0.25, 0.3) is 0 Å². The van der Waals surface area contributed by atoms with E-state index < -0.39 is 0 Å². The van der Waals surface area contributed by atoms with Crippen LogP contribution in [0.5, 0.6) is 0 Å². The molecule has 0 amide bonds. The molecule has 1 nitrogen and oxygen atoms in total. The quantitative estimate of drug-likeness (QED) is 0.257. The fourth-order valence-electron chi connectivity index (χ4n) is 3.92. The van der Waals surface area contributed by atoms with Crippen LogP contribution in [0.4, 0.5) is 0 Å². The van der Waals surface area contributed by atoms with Crippen LogP contribution in [0.2, 0.25) is 0 Å². The third-order valence-corrected chi connectivity index (χ3v) is 5.97. The summed E-state index contributed by atoms with van der Waals surface area (Å²) in [7, 11) is 0. The molecule has 156 valence electrons. The van der Waals surface area contributed by atoms with Crippen molar-refractivity contribution in [3.63, 3.8) is 0 Å². The van der Waals surface area contributed by atoms with Crippen LogP contribution in [0, 0.1) is 23.7 Å². The normalized spacial score (nSPS) is 16.1. The SMILES string of the molecule is CC(=CCO)CCCC(C)CCCC(C)CCCC(C)CCCC(C)C. The first-order valence-corrected chi connectivity index (χ1v) is 11.6. The third kappa shape index (κ3) is 17.1. The van der Waals surface area contributed by atoms with Gasteiger partial charge in [0.1, 0.15) is 0 Å². The molecule has 3 atom stereocenters. The van der Waals surface area contributed by atoms with Gasteiger partial charge in [0, 0.05) is 0 Å². The molecule has 0 aliphatic carbocycles. The molecule has 0 rings (SSSR count). The zero-order valence-electron chi connectivity index (χ0n) is 19.0. The molecule has 26 heavy (non-hydrogen) atoms. The van der Waals surface area contributed by atoms with Crippen LogP contribution in [0.15, 0.2) is 11.6 Å². The van der Waals surface area contributed by atoms with E-state index in [2.05, 4.69) is 41.5 Å². The van der Waals surface area contributed by atoms with E-state index in [9.17, 15) is 0 Å². The molecule has 0 aliphatic heterocycles. The van der Waals surface area contributed by atoms with Gasteiger partial charge < -0.3 is 5.11 Å². The Labute approximate surface area is 166 Å². The predicted octanol–water partition coefficient (Wildman–Crippen LogP) is 8.17. The van der Waals surface area contributed by atoms with E-state index in [0.29, 0.717) is 0 Å². The highest BCUT2D eigenvalue weighted by Gasteiger charge is 2.08. The van der Waals surface area contributed by atoms with E-state index in [-0.39, 0.29) is 6.61 Å². The first kappa shape index (κ1) is 25.7. The summed E-state index contributed by atoms with van der Waals surface area (Å²) >= 11 is 0.